The number of anilines is 1. The summed E-state index contributed by atoms with van der Waals surface area (Å²) in [7, 11) is 0. The Labute approximate surface area is 151 Å². The number of nitro groups is 1. The van der Waals surface area contributed by atoms with Gasteiger partial charge in [0.25, 0.3) is 11.6 Å². The first-order valence-corrected chi connectivity index (χ1v) is 8.10. The Hall–Kier alpha value is -3.22. The Morgan fingerprint density at radius 3 is 2.23 bits per heavy atom. The zero-order valence-corrected chi connectivity index (χ0v) is 15.2. The van der Waals surface area contributed by atoms with Gasteiger partial charge in [-0.2, -0.15) is 0 Å². The molecule has 0 radical (unpaired) electrons. The summed E-state index contributed by atoms with van der Waals surface area (Å²) in [4.78, 5) is 35.0. The summed E-state index contributed by atoms with van der Waals surface area (Å²) in [5.41, 5.74) is 3.72. The van der Waals surface area contributed by atoms with Gasteiger partial charge in [0.1, 0.15) is 5.56 Å². The Morgan fingerprint density at radius 1 is 1.04 bits per heavy atom. The van der Waals surface area contributed by atoms with Gasteiger partial charge in [-0.05, 0) is 44.9 Å². The summed E-state index contributed by atoms with van der Waals surface area (Å²) in [5.74, 6) is -1.06. The van der Waals surface area contributed by atoms with E-state index in [-0.39, 0.29) is 17.8 Å². The Kier molecular flexibility index (Phi) is 5.71. The van der Waals surface area contributed by atoms with Crippen molar-refractivity contribution in [1.29, 1.82) is 0 Å². The van der Waals surface area contributed by atoms with Crippen molar-refractivity contribution in [3.05, 3.63) is 68.3 Å². The highest BCUT2D eigenvalue weighted by Gasteiger charge is 2.22. The predicted molar refractivity (Wildman–Crippen MR) is 99.4 cm³/mol. The smallest absolute Gasteiger partial charge is 0.285 e. The van der Waals surface area contributed by atoms with Gasteiger partial charge in [0.2, 0.25) is 5.91 Å². The second kappa shape index (κ2) is 7.77. The van der Waals surface area contributed by atoms with Crippen LogP contribution in [0.4, 0.5) is 11.4 Å². The molecular weight excluding hydrogens is 334 g/mol. The topological polar surface area (TPSA) is 101 Å². The third-order valence-corrected chi connectivity index (χ3v) is 4.02. The first-order chi connectivity index (χ1) is 12.2. The molecule has 0 heterocycles. The third-order valence-electron chi connectivity index (χ3n) is 4.02. The molecule has 0 unspecified atom stereocenters. The van der Waals surface area contributed by atoms with Crippen LogP contribution in [0.15, 0.2) is 30.3 Å². The number of hydrogen-bond acceptors (Lipinski definition) is 4. The molecule has 7 heteroatoms. The lowest BCUT2D eigenvalue weighted by atomic mass is 10.1. The number of nitro benzene ring substituents is 1. The lowest BCUT2D eigenvalue weighted by Gasteiger charge is -2.13. The van der Waals surface area contributed by atoms with Crippen LogP contribution in [0.25, 0.3) is 0 Å². The summed E-state index contributed by atoms with van der Waals surface area (Å²) < 4.78 is 0. The van der Waals surface area contributed by atoms with Crippen molar-refractivity contribution in [3.63, 3.8) is 0 Å². The van der Waals surface area contributed by atoms with Crippen molar-refractivity contribution < 1.29 is 14.5 Å². The molecular formula is C19H21N3O4. The normalized spacial score (nSPS) is 10.3. The minimum absolute atomic E-state index is 0.0644. The molecule has 0 aromatic heterocycles. The quantitative estimate of drug-likeness (QED) is 0.635. The molecule has 0 atom stereocenters. The maximum Gasteiger partial charge on any atom is 0.285 e. The molecule has 0 bridgehead atoms. The van der Waals surface area contributed by atoms with Crippen LogP contribution in [0.3, 0.4) is 0 Å². The molecule has 7 nitrogen and oxygen atoms in total. The molecule has 2 aromatic carbocycles. The predicted octanol–water partition coefficient (Wildman–Crippen LogP) is 3.20. The fourth-order valence-corrected chi connectivity index (χ4v) is 2.90. The van der Waals surface area contributed by atoms with Crippen LogP contribution in [0.2, 0.25) is 0 Å². The molecule has 0 saturated carbocycles. The lowest BCUT2D eigenvalue weighted by Crippen LogP contribution is -2.33. The molecule has 0 aliphatic carbocycles. The van der Waals surface area contributed by atoms with Gasteiger partial charge in [0.05, 0.1) is 11.5 Å². The Morgan fingerprint density at radius 2 is 1.65 bits per heavy atom. The first-order valence-electron chi connectivity index (χ1n) is 8.10. The number of nitrogens with one attached hydrogen (secondary N) is 2. The maximum absolute atomic E-state index is 12.3. The first kappa shape index (κ1) is 19.1. The molecule has 0 spiro atoms. The zero-order chi connectivity index (χ0) is 19.4. The zero-order valence-electron chi connectivity index (χ0n) is 15.2. The van der Waals surface area contributed by atoms with Gasteiger partial charge in [0.15, 0.2) is 0 Å². The van der Waals surface area contributed by atoms with Crippen LogP contribution in [-0.2, 0) is 4.79 Å². The number of aryl methyl sites for hydroxylation is 4. The molecule has 0 fully saturated rings. The van der Waals surface area contributed by atoms with E-state index in [1.54, 1.807) is 19.1 Å². The fraction of sp³-hybridized carbons (Fsp3) is 0.263. The van der Waals surface area contributed by atoms with Gasteiger partial charge in [-0.1, -0.05) is 29.8 Å². The maximum atomic E-state index is 12.3. The van der Waals surface area contributed by atoms with E-state index in [4.69, 9.17) is 0 Å². The van der Waals surface area contributed by atoms with Gasteiger partial charge in [-0.25, -0.2) is 0 Å². The van der Waals surface area contributed by atoms with Crippen molar-refractivity contribution in [3.8, 4) is 0 Å². The highest BCUT2D eigenvalue weighted by molar-refractivity contribution is 6.02. The van der Waals surface area contributed by atoms with E-state index in [0.717, 1.165) is 16.7 Å². The number of carbonyl (C=O) groups excluding carboxylic acids is 2. The van der Waals surface area contributed by atoms with Gasteiger partial charge < -0.3 is 10.6 Å². The highest BCUT2D eigenvalue weighted by Crippen LogP contribution is 2.23. The van der Waals surface area contributed by atoms with E-state index in [9.17, 15) is 19.7 Å². The van der Waals surface area contributed by atoms with Gasteiger partial charge in [-0.15, -0.1) is 0 Å². The number of nitrogens with zero attached hydrogens (tertiary/aromatic N) is 1. The standard InChI is InChI=1S/C19H21N3O4/c1-11-8-13(3)17(14(4)9-11)21-16(23)10-20-19(24)15-7-5-6-12(2)18(15)22(25)26/h5-9H,10H2,1-4H3,(H,20,24)(H,21,23). The number of rotatable bonds is 5. The van der Waals surface area contributed by atoms with Crippen molar-refractivity contribution in [2.24, 2.45) is 0 Å². The van der Waals surface area contributed by atoms with E-state index >= 15 is 0 Å². The van der Waals surface area contributed by atoms with E-state index < -0.39 is 16.7 Å². The van der Waals surface area contributed by atoms with E-state index in [2.05, 4.69) is 10.6 Å². The van der Waals surface area contributed by atoms with Crippen LogP contribution in [0, 0.1) is 37.8 Å². The van der Waals surface area contributed by atoms with Crippen LogP contribution < -0.4 is 10.6 Å². The molecule has 0 saturated heterocycles. The van der Waals surface area contributed by atoms with Crippen LogP contribution >= 0.6 is 0 Å². The van der Waals surface area contributed by atoms with E-state index in [1.807, 2.05) is 32.9 Å². The van der Waals surface area contributed by atoms with E-state index in [1.165, 1.54) is 6.07 Å². The third kappa shape index (κ3) is 4.24. The lowest BCUT2D eigenvalue weighted by molar-refractivity contribution is -0.385. The number of benzene rings is 2. The number of carbonyl (C=O) groups is 2. The van der Waals surface area contributed by atoms with Crippen LogP contribution in [0.1, 0.15) is 32.6 Å². The SMILES string of the molecule is Cc1cc(C)c(NC(=O)CNC(=O)c2cccc(C)c2[N+](=O)[O-])c(C)c1. The molecule has 136 valence electrons. The monoisotopic (exact) mass is 355 g/mol. The summed E-state index contributed by atoms with van der Waals surface area (Å²) in [6, 6.07) is 8.40. The Bertz CT molecular complexity index is 867. The number of amides is 2. The molecule has 0 aliphatic rings. The van der Waals surface area contributed by atoms with Crippen LogP contribution in [-0.4, -0.2) is 23.3 Å². The van der Waals surface area contributed by atoms with Crippen LogP contribution in [0.5, 0.6) is 0 Å². The fourth-order valence-electron chi connectivity index (χ4n) is 2.90. The molecule has 26 heavy (non-hydrogen) atoms. The van der Waals surface area contributed by atoms with Gasteiger partial charge >= 0.3 is 0 Å². The summed E-state index contributed by atoms with van der Waals surface area (Å²) in [6.07, 6.45) is 0. The van der Waals surface area contributed by atoms with Gasteiger partial charge in [0, 0.05) is 11.3 Å². The van der Waals surface area contributed by atoms with Crippen molar-refractivity contribution >= 4 is 23.2 Å². The number of hydrogen-bond donors (Lipinski definition) is 2. The Balaban J connectivity index is 2.08. The van der Waals surface area contributed by atoms with Crippen molar-refractivity contribution in [2.75, 3.05) is 11.9 Å². The average molecular weight is 355 g/mol. The molecule has 2 N–H and O–H groups in total. The van der Waals surface area contributed by atoms with Crippen molar-refractivity contribution in [2.45, 2.75) is 27.7 Å². The molecule has 2 rings (SSSR count). The molecule has 2 aromatic rings. The highest BCUT2D eigenvalue weighted by atomic mass is 16.6. The number of para-hydroxylation sites is 1. The summed E-state index contributed by atoms with van der Waals surface area (Å²) >= 11 is 0. The summed E-state index contributed by atoms with van der Waals surface area (Å²) in [5, 5.41) is 16.4. The second-order valence-electron chi connectivity index (χ2n) is 6.23. The van der Waals surface area contributed by atoms with Gasteiger partial charge in [-0.3, -0.25) is 19.7 Å². The largest absolute Gasteiger partial charge is 0.343 e. The minimum atomic E-state index is -0.659. The minimum Gasteiger partial charge on any atom is -0.343 e. The second-order valence-corrected chi connectivity index (χ2v) is 6.23. The van der Waals surface area contributed by atoms with Crippen molar-refractivity contribution in [1.82, 2.24) is 5.32 Å². The molecule has 2 amide bonds. The average Bonchev–Trinajstić information content (AvgIpc) is 2.55. The van der Waals surface area contributed by atoms with E-state index in [0.29, 0.717) is 11.3 Å². The summed E-state index contributed by atoms with van der Waals surface area (Å²) in [6.45, 7) is 7.04. The molecule has 0 aliphatic heterocycles.